The Bertz CT molecular complexity index is 556. The highest BCUT2D eigenvalue weighted by atomic mass is 16.5. The van der Waals surface area contributed by atoms with Gasteiger partial charge in [0.2, 0.25) is 0 Å². The fourth-order valence-corrected chi connectivity index (χ4v) is 2.46. The summed E-state index contributed by atoms with van der Waals surface area (Å²) in [6, 6.07) is 17.8. The van der Waals surface area contributed by atoms with Gasteiger partial charge in [0.15, 0.2) is 0 Å². The molecule has 0 fully saturated rings. The van der Waals surface area contributed by atoms with E-state index >= 15 is 0 Å². The zero-order chi connectivity index (χ0) is 15.2. The van der Waals surface area contributed by atoms with Crippen molar-refractivity contribution in [2.45, 2.75) is 13.0 Å². The van der Waals surface area contributed by atoms with Gasteiger partial charge in [0.25, 0.3) is 0 Å². The minimum Gasteiger partial charge on any atom is -0.497 e. The second-order valence-electron chi connectivity index (χ2n) is 5.41. The maximum absolute atomic E-state index is 10.4. The van der Waals surface area contributed by atoms with Gasteiger partial charge in [0.1, 0.15) is 5.75 Å². The molecular weight excluding hydrogens is 262 g/mol. The van der Waals surface area contributed by atoms with Crippen molar-refractivity contribution in [1.29, 1.82) is 0 Å². The number of nitrogens with zero attached hydrogens (tertiary/aromatic N) is 1. The van der Waals surface area contributed by atoms with Crippen molar-refractivity contribution in [3.05, 3.63) is 60.2 Å². The standard InChI is InChI=1S/C18H23NO2/c1-14(18(20)15-8-5-4-6-9-15)13-19(2)16-10-7-11-17(12-16)21-3/h4-12,14,18,20H,13H2,1-3H3. The third-order valence-corrected chi connectivity index (χ3v) is 3.74. The predicted molar refractivity (Wildman–Crippen MR) is 86.8 cm³/mol. The number of hydrogen-bond acceptors (Lipinski definition) is 3. The highest BCUT2D eigenvalue weighted by molar-refractivity contribution is 5.50. The maximum atomic E-state index is 10.4. The summed E-state index contributed by atoms with van der Waals surface area (Å²) >= 11 is 0. The molecule has 1 N–H and O–H groups in total. The molecule has 0 aliphatic carbocycles. The summed E-state index contributed by atoms with van der Waals surface area (Å²) in [6.45, 7) is 2.83. The highest BCUT2D eigenvalue weighted by Crippen LogP contribution is 2.25. The largest absolute Gasteiger partial charge is 0.497 e. The van der Waals surface area contributed by atoms with Gasteiger partial charge in [0, 0.05) is 31.3 Å². The van der Waals surface area contributed by atoms with Crippen LogP contribution >= 0.6 is 0 Å². The number of rotatable bonds is 6. The topological polar surface area (TPSA) is 32.7 Å². The number of aliphatic hydroxyl groups is 1. The van der Waals surface area contributed by atoms with Crippen LogP contribution in [-0.4, -0.2) is 25.8 Å². The summed E-state index contributed by atoms with van der Waals surface area (Å²) in [5, 5.41) is 10.4. The van der Waals surface area contributed by atoms with Gasteiger partial charge in [-0.25, -0.2) is 0 Å². The van der Waals surface area contributed by atoms with E-state index < -0.39 is 6.10 Å². The fourth-order valence-electron chi connectivity index (χ4n) is 2.46. The summed E-state index contributed by atoms with van der Waals surface area (Å²) in [5.41, 5.74) is 2.05. The van der Waals surface area contributed by atoms with Crippen LogP contribution in [0.25, 0.3) is 0 Å². The van der Waals surface area contributed by atoms with E-state index in [-0.39, 0.29) is 5.92 Å². The third kappa shape index (κ3) is 3.99. The van der Waals surface area contributed by atoms with Crippen LogP contribution in [0.5, 0.6) is 5.75 Å². The first-order valence-corrected chi connectivity index (χ1v) is 7.20. The van der Waals surface area contributed by atoms with E-state index in [2.05, 4.69) is 11.8 Å². The molecule has 0 saturated heterocycles. The van der Waals surface area contributed by atoms with E-state index in [0.717, 1.165) is 23.5 Å². The molecule has 112 valence electrons. The van der Waals surface area contributed by atoms with Crippen LogP contribution in [0.2, 0.25) is 0 Å². The lowest BCUT2D eigenvalue weighted by Crippen LogP contribution is -2.27. The van der Waals surface area contributed by atoms with Crippen LogP contribution in [0.4, 0.5) is 5.69 Å². The van der Waals surface area contributed by atoms with Gasteiger partial charge >= 0.3 is 0 Å². The SMILES string of the molecule is COc1cccc(N(C)CC(C)C(O)c2ccccc2)c1. The number of hydrogen-bond donors (Lipinski definition) is 1. The van der Waals surface area contributed by atoms with Gasteiger partial charge in [0.05, 0.1) is 13.2 Å². The lowest BCUT2D eigenvalue weighted by molar-refractivity contribution is 0.121. The molecule has 0 aliphatic heterocycles. The van der Waals surface area contributed by atoms with Crippen molar-refractivity contribution in [1.82, 2.24) is 0 Å². The van der Waals surface area contributed by atoms with Crippen LogP contribution in [0.1, 0.15) is 18.6 Å². The molecule has 0 amide bonds. The molecule has 0 aromatic heterocycles. The van der Waals surface area contributed by atoms with E-state index in [1.54, 1.807) is 7.11 Å². The maximum Gasteiger partial charge on any atom is 0.120 e. The van der Waals surface area contributed by atoms with Crippen molar-refractivity contribution in [3.63, 3.8) is 0 Å². The molecule has 2 unspecified atom stereocenters. The quantitative estimate of drug-likeness (QED) is 0.881. The second kappa shape index (κ2) is 7.14. The normalized spacial score (nSPS) is 13.5. The first kappa shape index (κ1) is 15.4. The average Bonchev–Trinajstić information content (AvgIpc) is 2.54. The van der Waals surface area contributed by atoms with E-state index in [1.165, 1.54) is 0 Å². The van der Waals surface area contributed by atoms with Crippen LogP contribution in [0.15, 0.2) is 54.6 Å². The van der Waals surface area contributed by atoms with Crippen LogP contribution in [0, 0.1) is 5.92 Å². The molecule has 2 atom stereocenters. The van der Waals surface area contributed by atoms with Crippen LogP contribution in [0.3, 0.4) is 0 Å². The number of aliphatic hydroxyl groups excluding tert-OH is 1. The molecule has 0 heterocycles. The van der Waals surface area contributed by atoms with Gasteiger partial charge in [-0.15, -0.1) is 0 Å². The lowest BCUT2D eigenvalue weighted by atomic mass is 9.97. The average molecular weight is 285 g/mol. The number of methoxy groups -OCH3 is 1. The second-order valence-corrected chi connectivity index (χ2v) is 5.41. The van der Waals surface area contributed by atoms with Crippen LogP contribution in [-0.2, 0) is 0 Å². The summed E-state index contributed by atoms with van der Waals surface area (Å²) in [6.07, 6.45) is -0.459. The Morgan fingerprint density at radius 3 is 2.48 bits per heavy atom. The molecule has 2 aromatic rings. The Labute approximate surface area is 126 Å². The van der Waals surface area contributed by atoms with E-state index in [9.17, 15) is 5.11 Å². The third-order valence-electron chi connectivity index (χ3n) is 3.74. The molecule has 2 aromatic carbocycles. The highest BCUT2D eigenvalue weighted by Gasteiger charge is 2.18. The first-order chi connectivity index (χ1) is 10.1. The minimum atomic E-state index is -0.459. The minimum absolute atomic E-state index is 0.128. The van der Waals surface area contributed by atoms with E-state index in [4.69, 9.17) is 4.74 Å². The van der Waals surface area contributed by atoms with Crippen LogP contribution < -0.4 is 9.64 Å². The Kier molecular flexibility index (Phi) is 5.23. The number of anilines is 1. The zero-order valence-corrected chi connectivity index (χ0v) is 12.9. The molecule has 0 bridgehead atoms. The molecule has 0 radical (unpaired) electrons. The summed E-state index contributed by atoms with van der Waals surface area (Å²) in [5.74, 6) is 0.971. The van der Waals surface area contributed by atoms with E-state index in [0.29, 0.717) is 0 Å². The molecule has 21 heavy (non-hydrogen) atoms. The Morgan fingerprint density at radius 2 is 1.81 bits per heavy atom. The fraction of sp³-hybridized carbons (Fsp3) is 0.333. The monoisotopic (exact) mass is 285 g/mol. The van der Waals surface area contributed by atoms with Gasteiger partial charge < -0.3 is 14.7 Å². The van der Waals surface area contributed by atoms with Crippen molar-refractivity contribution in [2.24, 2.45) is 5.92 Å². The van der Waals surface area contributed by atoms with Gasteiger partial charge in [-0.3, -0.25) is 0 Å². The van der Waals surface area contributed by atoms with Gasteiger partial charge in [-0.05, 0) is 17.7 Å². The summed E-state index contributed by atoms with van der Waals surface area (Å²) in [7, 11) is 3.70. The van der Waals surface area contributed by atoms with Gasteiger partial charge in [-0.1, -0.05) is 43.3 Å². The molecule has 2 rings (SSSR count). The number of benzene rings is 2. The number of ether oxygens (including phenoxy) is 1. The van der Waals surface area contributed by atoms with Crippen molar-refractivity contribution in [2.75, 3.05) is 25.6 Å². The summed E-state index contributed by atoms with van der Waals surface area (Å²) in [4.78, 5) is 2.14. The molecular formula is C18H23NO2. The Hall–Kier alpha value is -2.00. The molecule has 0 saturated carbocycles. The smallest absolute Gasteiger partial charge is 0.120 e. The first-order valence-electron chi connectivity index (χ1n) is 7.20. The molecule has 3 nitrogen and oxygen atoms in total. The predicted octanol–water partition coefficient (Wildman–Crippen LogP) is 3.50. The Balaban J connectivity index is 2.03. The summed E-state index contributed by atoms with van der Waals surface area (Å²) < 4.78 is 5.25. The van der Waals surface area contributed by atoms with Crippen molar-refractivity contribution in [3.8, 4) is 5.75 Å². The molecule has 0 aliphatic rings. The lowest BCUT2D eigenvalue weighted by Gasteiger charge is -2.27. The van der Waals surface area contributed by atoms with Gasteiger partial charge in [-0.2, -0.15) is 0 Å². The molecule has 3 heteroatoms. The Morgan fingerprint density at radius 1 is 1.10 bits per heavy atom. The molecule has 0 spiro atoms. The zero-order valence-electron chi connectivity index (χ0n) is 12.9. The van der Waals surface area contributed by atoms with Crippen molar-refractivity contribution >= 4 is 5.69 Å². The van der Waals surface area contributed by atoms with Crippen molar-refractivity contribution < 1.29 is 9.84 Å². The van der Waals surface area contributed by atoms with E-state index in [1.807, 2.05) is 61.6 Å².